The van der Waals surface area contributed by atoms with E-state index in [1.54, 1.807) is 12.1 Å². The smallest absolute Gasteiger partial charge is 0.292 e. The number of nitrogens with zero attached hydrogens (tertiary/aromatic N) is 1. The van der Waals surface area contributed by atoms with Gasteiger partial charge in [-0.05, 0) is 40.2 Å². The van der Waals surface area contributed by atoms with E-state index in [0.717, 1.165) is 9.85 Å². The molecule has 1 aromatic carbocycles. The van der Waals surface area contributed by atoms with Gasteiger partial charge in [0.15, 0.2) is 0 Å². The summed E-state index contributed by atoms with van der Waals surface area (Å²) >= 11 is 4.42. The fraction of sp³-hybridized carbons (Fsp3) is 0. The minimum Gasteiger partial charge on any atom is -0.393 e. The molecule has 0 radical (unpaired) electrons. The summed E-state index contributed by atoms with van der Waals surface area (Å²) in [5, 5.41) is 10.8. The number of anilines is 1. The minimum atomic E-state index is -0.688. The Kier molecular flexibility index (Phi) is 4.73. The highest BCUT2D eigenvalue weighted by molar-refractivity contribution is 9.11. The predicted octanol–water partition coefficient (Wildman–Crippen LogP) is 2.08. The summed E-state index contributed by atoms with van der Waals surface area (Å²) in [6.07, 6.45) is 0. The second-order valence-electron chi connectivity index (χ2n) is 4.04. The Balaban J connectivity index is 2.05. The third-order valence-electron chi connectivity index (χ3n) is 2.58. The van der Waals surface area contributed by atoms with Gasteiger partial charge in [0.1, 0.15) is 5.69 Å². The zero-order valence-corrected chi connectivity index (χ0v) is 13.2. The number of halogens is 1. The standard InChI is InChI=1S/C12H9BrN4O4S/c13-10-4-3-9(22-10)12(19)16-15-11(18)6-1-2-7(14)8(5-6)17(20)21/h1-5H,14H2,(H,15,18)(H,16,19). The maximum absolute atomic E-state index is 11.9. The lowest BCUT2D eigenvalue weighted by Gasteiger charge is -2.06. The fourth-order valence-electron chi connectivity index (χ4n) is 1.53. The average molecular weight is 385 g/mol. The van der Waals surface area contributed by atoms with Gasteiger partial charge in [0.05, 0.1) is 13.6 Å². The first kappa shape index (κ1) is 15.9. The number of nitrogen functional groups attached to an aromatic ring is 1. The maximum Gasteiger partial charge on any atom is 0.292 e. The molecule has 1 aromatic heterocycles. The maximum atomic E-state index is 11.9. The van der Waals surface area contributed by atoms with Gasteiger partial charge in [-0.2, -0.15) is 0 Å². The van der Waals surface area contributed by atoms with Crippen molar-refractivity contribution in [1.29, 1.82) is 0 Å². The zero-order valence-electron chi connectivity index (χ0n) is 10.8. The first-order chi connectivity index (χ1) is 10.4. The second-order valence-corrected chi connectivity index (χ2v) is 6.51. The van der Waals surface area contributed by atoms with Crippen molar-refractivity contribution >= 4 is 50.5 Å². The molecule has 0 saturated carbocycles. The van der Waals surface area contributed by atoms with Crippen LogP contribution in [-0.2, 0) is 0 Å². The van der Waals surface area contributed by atoms with Gasteiger partial charge in [-0.1, -0.05) is 0 Å². The van der Waals surface area contributed by atoms with Crippen molar-refractivity contribution in [2.24, 2.45) is 0 Å². The first-order valence-electron chi connectivity index (χ1n) is 5.78. The molecule has 2 amide bonds. The molecule has 1 heterocycles. The number of nitrogens with one attached hydrogen (secondary N) is 2. The highest BCUT2D eigenvalue weighted by Gasteiger charge is 2.16. The Morgan fingerprint density at radius 1 is 1.18 bits per heavy atom. The van der Waals surface area contributed by atoms with Crippen molar-refractivity contribution < 1.29 is 14.5 Å². The van der Waals surface area contributed by atoms with Crippen LogP contribution in [0.2, 0.25) is 0 Å². The number of rotatable bonds is 3. The summed E-state index contributed by atoms with van der Waals surface area (Å²) in [6.45, 7) is 0. The number of thiophene rings is 1. The number of carbonyl (C=O) groups excluding carboxylic acids is 2. The number of hydrogen-bond donors (Lipinski definition) is 3. The summed E-state index contributed by atoms with van der Waals surface area (Å²) in [7, 11) is 0. The van der Waals surface area contributed by atoms with Gasteiger partial charge < -0.3 is 5.73 Å². The van der Waals surface area contributed by atoms with Crippen LogP contribution in [0, 0.1) is 10.1 Å². The molecule has 22 heavy (non-hydrogen) atoms. The molecule has 2 aromatic rings. The third-order valence-corrected chi connectivity index (χ3v) is 4.20. The number of hydrazine groups is 1. The van der Waals surface area contributed by atoms with Crippen molar-refractivity contribution in [3.63, 3.8) is 0 Å². The number of nitro benzene ring substituents is 1. The summed E-state index contributed by atoms with van der Waals surface area (Å²) in [6, 6.07) is 6.91. The van der Waals surface area contributed by atoms with Crippen LogP contribution < -0.4 is 16.6 Å². The van der Waals surface area contributed by atoms with Crippen LogP contribution in [0.4, 0.5) is 11.4 Å². The molecule has 0 bridgehead atoms. The van der Waals surface area contributed by atoms with Gasteiger partial charge in [-0.3, -0.25) is 30.6 Å². The van der Waals surface area contributed by atoms with Gasteiger partial charge in [-0.25, -0.2) is 0 Å². The molecule has 10 heteroatoms. The molecule has 114 valence electrons. The lowest BCUT2D eigenvalue weighted by molar-refractivity contribution is -0.383. The van der Waals surface area contributed by atoms with Crippen LogP contribution in [0.3, 0.4) is 0 Å². The van der Waals surface area contributed by atoms with Crippen LogP contribution in [0.5, 0.6) is 0 Å². The second kappa shape index (κ2) is 6.54. The van der Waals surface area contributed by atoms with E-state index >= 15 is 0 Å². The van der Waals surface area contributed by atoms with Crippen LogP contribution >= 0.6 is 27.3 Å². The van der Waals surface area contributed by atoms with E-state index in [-0.39, 0.29) is 16.9 Å². The van der Waals surface area contributed by atoms with Gasteiger partial charge in [0.25, 0.3) is 17.5 Å². The Labute approximate surface area is 136 Å². The molecular weight excluding hydrogens is 376 g/mol. The van der Waals surface area contributed by atoms with Gasteiger partial charge in [0, 0.05) is 11.6 Å². The minimum absolute atomic E-state index is 0.00793. The number of carbonyl (C=O) groups is 2. The summed E-state index contributed by atoms with van der Waals surface area (Å²) in [4.78, 5) is 34.1. The van der Waals surface area contributed by atoms with Gasteiger partial charge >= 0.3 is 0 Å². The summed E-state index contributed by atoms with van der Waals surface area (Å²) in [5.74, 6) is -1.18. The monoisotopic (exact) mass is 384 g/mol. The Bertz CT molecular complexity index is 761. The quantitative estimate of drug-likeness (QED) is 0.424. The van der Waals surface area contributed by atoms with E-state index < -0.39 is 16.7 Å². The SMILES string of the molecule is Nc1ccc(C(=O)NNC(=O)c2ccc(Br)s2)cc1[N+](=O)[O-]. The van der Waals surface area contributed by atoms with Gasteiger partial charge in [-0.15, -0.1) is 11.3 Å². The van der Waals surface area contributed by atoms with Crippen LogP contribution in [0.1, 0.15) is 20.0 Å². The lowest BCUT2D eigenvalue weighted by atomic mass is 10.1. The van der Waals surface area contributed by atoms with E-state index in [1.165, 1.54) is 23.5 Å². The fourth-order valence-corrected chi connectivity index (χ4v) is 2.81. The van der Waals surface area contributed by atoms with Crippen molar-refractivity contribution in [3.05, 3.63) is 54.7 Å². The van der Waals surface area contributed by atoms with Crippen molar-refractivity contribution in [2.75, 3.05) is 5.73 Å². The van der Waals surface area contributed by atoms with E-state index in [4.69, 9.17) is 5.73 Å². The molecule has 8 nitrogen and oxygen atoms in total. The number of benzene rings is 1. The number of hydrogen-bond acceptors (Lipinski definition) is 6. The molecule has 0 unspecified atom stereocenters. The topological polar surface area (TPSA) is 127 Å². The molecule has 0 atom stereocenters. The Morgan fingerprint density at radius 2 is 1.86 bits per heavy atom. The van der Waals surface area contributed by atoms with Crippen molar-refractivity contribution in [1.82, 2.24) is 10.9 Å². The lowest BCUT2D eigenvalue weighted by Crippen LogP contribution is -2.41. The highest BCUT2D eigenvalue weighted by Crippen LogP contribution is 2.23. The molecule has 0 aliphatic rings. The molecular formula is C12H9BrN4O4S. The molecule has 0 spiro atoms. The van der Waals surface area contributed by atoms with Crippen molar-refractivity contribution in [2.45, 2.75) is 0 Å². The van der Waals surface area contributed by atoms with Crippen LogP contribution in [-0.4, -0.2) is 16.7 Å². The largest absolute Gasteiger partial charge is 0.393 e. The van der Waals surface area contributed by atoms with Gasteiger partial charge in [0.2, 0.25) is 0 Å². The molecule has 2 rings (SSSR count). The Morgan fingerprint density at radius 3 is 2.45 bits per heavy atom. The first-order valence-corrected chi connectivity index (χ1v) is 7.39. The molecule has 0 fully saturated rings. The number of nitro groups is 1. The van der Waals surface area contributed by atoms with E-state index in [2.05, 4.69) is 26.8 Å². The molecule has 0 aliphatic carbocycles. The molecule has 0 saturated heterocycles. The Hall–Kier alpha value is -2.46. The summed E-state index contributed by atoms with van der Waals surface area (Å²) in [5.41, 5.74) is 9.44. The summed E-state index contributed by atoms with van der Waals surface area (Å²) < 4.78 is 0.776. The van der Waals surface area contributed by atoms with E-state index in [1.807, 2.05) is 0 Å². The van der Waals surface area contributed by atoms with E-state index in [0.29, 0.717) is 4.88 Å². The van der Waals surface area contributed by atoms with Crippen LogP contribution in [0.15, 0.2) is 34.1 Å². The van der Waals surface area contributed by atoms with E-state index in [9.17, 15) is 19.7 Å². The number of amides is 2. The zero-order chi connectivity index (χ0) is 16.3. The molecule has 4 N–H and O–H groups in total. The third kappa shape index (κ3) is 3.59. The highest BCUT2D eigenvalue weighted by atomic mass is 79.9. The molecule has 0 aliphatic heterocycles. The normalized spacial score (nSPS) is 10.0. The van der Waals surface area contributed by atoms with Crippen LogP contribution in [0.25, 0.3) is 0 Å². The predicted molar refractivity (Wildman–Crippen MR) is 84.5 cm³/mol. The average Bonchev–Trinajstić information content (AvgIpc) is 2.91. The number of nitrogens with two attached hydrogens (primary N) is 1. The van der Waals surface area contributed by atoms with Crippen molar-refractivity contribution in [3.8, 4) is 0 Å².